The molecule has 0 atom stereocenters. The zero-order valence-corrected chi connectivity index (χ0v) is 18.2. The minimum Gasteiger partial charge on any atom is -0.383 e. The van der Waals surface area contributed by atoms with Crippen molar-refractivity contribution in [2.45, 2.75) is 39.0 Å². The van der Waals surface area contributed by atoms with Gasteiger partial charge in [-0.05, 0) is 36.2 Å². The van der Waals surface area contributed by atoms with Gasteiger partial charge in [-0.25, -0.2) is 9.97 Å². The molecule has 32 heavy (non-hydrogen) atoms. The van der Waals surface area contributed by atoms with Crippen LogP contribution in [0.3, 0.4) is 0 Å². The maximum atomic E-state index is 13.1. The molecule has 0 radical (unpaired) electrons. The largest absolute Gasteiger partial charge is 0.383 e. The van der Waals surface area contributed by atoms with Gasteiger partial charge in [-0.3, -0.25) is 9.78 Å². The number of amides is 1. The Balaban J connectivity index is 1.69. The molecule has 1 aromatic carbocycles. The zero-order valence-electron chi connectivity index (χ0n) is 18.2. The van der Waals surface area contributed by atoms with E-state index in [2.05, 4.69) is 22.3 Å². The monoisotopic (exact) mass is 429 g/mol. The van der Waals surface area contributed by atoms with Crippen molar-refractivity contribution < 1.29 is 4.79 Å². The van der Waals surface area contributed by atoms with E-state index in [4.69, 9.17) is 15.7 Å². The third-order valence-electron chi connectivity index (χ3n) is 5.30. The van der Waals surface area contributed by atoms with E-state index < -0.39 is 0 Å². The number of para-hydroxylation sites is 2. The first kappa shape index (κ1) is 21.4. The fraction of sp³-hybridized carbons (Fsp3) is 0.292. The Morgan fingerprint density at radius 2 is 1.78 bits per heavy atom. The van der Waals surface area contributed by atoms with Gasteiger partial charge in [-0.2, -0.15) is 9.78 Å². The summed E-state index contributed by atoms with van der Waals surface area (Å²) in [5.74, 6) is -0.0467. The average molecular weight is 430 g/mol. The zero-order chi connectivity index (χ0) is 22.3. The van der Waals surface area contributed by atoms with Gasteiger partial charge in [0.15, 0.2) is 5.65 Å². The lowest BCUT2D eigenvalue weighted by atomic mass is 10.1. The minimum atomic E-state index is -0.259. The van der Waals surface area contributed by atoms with Gasteiger partial charge in [-0.1, -0.05) is 44.7 Å². The number of carbonyl (C=O) groups excluding carboxylic acids is 1. The summed E-state index contributed by atoms with van der Waals surface area (Å²) in [5.41, 5.74) is 9.86. The quantitative estimate of drug-likeness (QED) is 0.307. The van der Waals surface area contributed by atoms with Crippen LogP contribution in [0.15, 0.2) is 53.9 Å². The smallest absolute Gasteiger partial charge is 0.257 e. The number of nitrogens with two attached hydrogens (primary N) is 1. The molecule has 1 amide bonds. The number of aromatic nitrogens is 4. The van der Waals surface area contributed by atoms with Gasteiger partial charge in [0.05, 0.1) is 17.2 Å². The van der Waals surface area contributed by atoms with Crippen LogP contribution < -0.4 is 11.1 Å². The number of nitrogen functional groups attached to an aromatic ring is 1. The molecule has 0 aliphatic rings. The van der Waals surface area contributed by atoms with E-state index in [-0.39, 0.29) is 11.7 Å². The number of rotatable bonds is 9. The van der Waals surface area contributed by atoms with Gasteiger partial charge in [0.2, 0.25) is 0 Å². The van der Waals surface area contributed by atoms with Gasteiger partial charge in [0.1, 0.15) is 16.9 Å². The van der Waals surface area contributed by atoms with Crippen molar-refractivity contribution in [2.24, 2.45) is 5.10 Å². The molecule has 0 saturated carbocycles. The molecule has 3 heterocycles. The number of carbonyl (C=O) groups is 1. The van der Waals surface area contributed by atoms with E-state index >= 15 is 0 Å². The van der Waals surface area contributed by atoms with Crippen LogP contribution in [-0.4, -0.2) is 38.3 Å². The van der Waals surface area contributed by atoms with Crippen molar-refractivity contribution in [1.82, 2.24) is 24.9 Å². The van der Waals surface area contributed by atoms with Crippen LogP contribution in [-0.2, 0) is 0 Å². The Labute approximate surface area is 186 Å². The third kappa shape index (κ3) is 4.59. The van der Waals surface area contributed by atoms with Crippen LogP contribution in [0.4, 0.5) is 5.82 Å². The molecule has 8 heteroatoms. The summed E-state index contributed by atoms with van der Waals surface area (Å²) in [6, 6.07) is 11.2. The second-order valence-electron chi connectivity index (χ2n) is 7.65. The molecule has 8 nitrogen and oxygen atoms in total. The van der Waals surface area contributed by atoms with E-state index in [1.807, 2.05) is 36.4 Å². The topological polar surface area (TPSA) is 111 Å². The highest BCUT2D eigenvalue weighted by molar-refractivity contribution is 6.10. The lowest BCUT2D eigenvalue weighted by Crippen LogP contribution is -2.25. The first-order valence-electron chi connectivity index (χ1n) is 11.0. The Morgan fingerprint density at radius 1 is 1.06 bits per heavy atom. The maximum Gasteiger partial charge on any atom is 0.257 e. The van der Waals surface area contributed by atoms with Crippen LogP contribution in [0.1, 0.15) is 54.9 Å². The number of nitrogens with one attached hydrogen (secondary N) is 1. The first-order valence-corrected chi connectivity index (χ1v) is 11.0. The normalized spacial score (nSPS) is 11.5. The molecule has 0 saturated heterocycles. The van der Waals surface area contributed by atoms with E-state index in [1.54, 1.807) is 18.6 Å². The summed E-state index contributed by atoms with van der Waals surface area (Å²) in [6.45, 7) is 2.78. The molecular weight excluding hydrogens is 402 g/mol. The summed E-state index contributed by atoms with van der Waals surface area (Å²) in [7, 11) is 0. The summed E-state index contributed by atoms with van der Waals surface area (Å²) >= 11 is 0. The van der Waals surface area contributed by atoms with Crippen LogP contribution in [0.25, 0.3) is 22.2 Å². The van der Waals surface area contributed by atoms with Crippen LogP contribution in [0.2, 0.25) is 0 Å². The fourth-order valence-corrected chi connectivity index (χ4v) is 3.58. The van der Waals surface area contributed by atoms with Crippen LogP contribution >= 0.6 is 0 Å². The van der Waals surface area contributed by atoms with Crippen molar-refractivity contribution in [2.75, 3.05) is 12.3 Å². The van der Waals surface area contributed by atoms with E-state index in [0.717, 1.165) is 18.4 Å². The van der Waals surface area contributed by atoms with Crippen molar-refractivity contribution in [3.8, 4) is 0 Å². The second-order valence-corrected chi connectivity index (χ2v) is 7.65. The number of hydrogen-bond acceptors (Lipinski definition) is 6. The van der Waals surface area contributed by atoms with E-state index in [1.165, 1.54) is 23.9 Å². The predicted molar refractivity (Wildman–Crippen MR) is 128 cm³/mol. The summed E-state index contributed by atoms with van der Waals surface area (Å²) < 4.78 is 1.48. The number of anilines is 1. The standard InChI is InChI=1S/C24H27N7O/c1-2-3-4-5-8-13-27-24(32)20-21-23(30-19-10-7-6-9-18(19)29-21)31(22(20)25)28-16-17-11-14-26-15-12-17/h6-7,9-12,14-16H,2-5,8,13,25H2,1H3,(H,27,32)/b28-16-. The minimum absolute atomic E-state index is 0.212. The summed E-state index contributed by atoms with van der Waals surface area (Å²) in [4.78, 5) is 26.5. The summed E-state index contributed by atoms with van der Waals surface area (Å²) in [5, 5.41) is 7.48. The lowest BCUT2D eigenvalue weighted by Gasteiger charge is -2.05. The van der Waals surface area contributed by atoms with Gasteiger partial charge in [0, 0.05) is 18.9 Å². The van der Waals surface area contributed by atoms with E-state index in [0.29, 0.717) is 34.3 Å². The van der Waals surface area contributed by atoms with E-state index in [9.17, 15) is 4.79 Å². The molecule has 3 N–H and O–H groups in total. The number of fused-ring (bicyclic) bond motifs is 2. The number of hydrogen-bond donors (Lipinski definition) is 2. The molecular formula is C24H27N7O. The number of benzene rings is 1. The Kier molecular flexibility index (Phi) is 6.69. The number of nitrogens with zero attached hydrogens (tertiary/aromatic N) is 5. The van der Waals surface area contributed by atoms with Gasteiger partial charge in [-0.15, -0.1) is 0 Å². The highest BCUT2D eigenvalue weighted by Gasteiger charge is 2.23. The number of unbranched alkanes of at least 4 members (excludes halogenated alkanes) is 4. The molecule has 164 valence electrons. The molecule has 0 spiro atoms. The molecule has 0 aliphatic heterocycles. The van der Waals surface area contributed by atoms with Crippen LogP contribution in [0.5, 0.6) is 0 Å². The third-order valence-corrected chi connectivity index (χ3v) is 5.30. The lowest BCUT2D eigenvalue weighted by molar-refractivity contribution is 0.0955. The molecule has 4 rings (SSSR count). The van der Waals surface area contributed by atoms with Crippen molar-refractivity contribution >= 4 is 40.1 Å². The Hall–Kier alpha value is -3.81. The highest BCUT2D eigenvalue weighted by atomic mass is 16.1. The van der Waals surface area contributed by atoms with Crippen molar-refractivity contribution in [1.29, 1.82) is 0 Å². The average Bonchev–Trinajstić information content (AvgIpc) is 3.09. The molecule has 4 aromatic rings. The Morgan fingerprint density at radius 3 is 2.53 bits per heavy atom. The Bertz CT molecular complexity index is 1250. The highest BCUT2D eigenvalue weighted by Crippen LogP contribution is 2.27. The maximum absolute atomic E-state index is 13.1. The van der Waals surface area contributed by atoms with Crippen molar-refractivity contribution in [3.63, 3.8) is 0 Å². The molecule has 0 aliphatic carbocycles. The van der Waals surface area contributed by atoms with Crippen LogP contribution in [0, 0.1) is 0 Å². The molecule has 3 aromatic heterocycles. The predicted octanol–water partition coefficient (Wildman–Crippen LogP) is 4.14. The van der Waals surface area contributed by atoms with Gasteiger partial charge in [0.25, 0.3) is 5.91 Å². The first-order chi connectivity index (χ1) is 15.7. The number of pyridine rings is 1. The molecule has 0 bridgehead atoms. The summed E-state index contributed by atoms with van der Waals surface area (Å²) in [6.07, 6.45) is 10.6. The molecule has 0 unspecified atom stereocenters. The fourth-order valence-electron chi connectivity index (χ4n) is 3.58. The molecule has 0 fully saturated rings. The SMILES string of the molecule is CCCCCCCNC(=O)c1c(N)n(/N=C\c2ccncc2)c2nc3ccccc3nc12. The second kappa shape index (κ2) is 10.00. The van der Waals surface area contributed by atoms with Crippen molar-refractivity contribution in [3.05, 3.63) is 59.9 Å². The van der Waals surface area contributed by atoms with Gasteiger partial charge >= 0.3 is 0 Å². The van der Waals surface area contributed by atoms with Gasteiger partial charge < -0.3 is 11.1 Å².